The second-order valence-electron chi connectivity index (χ2n) is 4.88. The average Bonchev–Trinajstić information content (AvgIpc) is 2.32. The molecular formula is C12H17N3O5. The monoisotopic (exact) mass is 283 g/mol. The lowest BCUT2D eigenvalue weighted by atomic mass is 9.97. The molecule has 0 aliphatic heterocycles. The Kier molecular flexibility index (Phi) is 5.24. The summed E-state index contributed by atoms with van der Waals surface area (Å²) in [5.74, 6) is -2.23. The standard InChI is InChI=1S/C12H17N3O5/c1-6(2)3-7(11(18)19)5-13-10(17)8-4-9(16)15-12(20)14-8/h4,6-7H,3,5H2,1-2H3,(H,13,17)(H,18,19)(H2,14,15,16,20). The summed E-state index contributed by atoms with van der Waals surface area (Å²) in [4.78, 5) is 48.9. The first kappa shape index (κ1) is 15.7. The van der Waals surface area contributed by atoms with Crippen molar-refractivity contribution in [1.82, 2.24) is 15.3 Å². The minimum Gasteiger partial charge on any atom is -0.481 e. The highest BCUT2D eigenvalue weighted by Gasteiger charge is 2.20. The quantitative estimate of drug-likeness (QED) is 0.561. The Balaban J connectivity index is 2.72. The molecule has 8 nitrogen and oxygen atoms in total. The van der Waals surface area contributed by atoms with Gasteiger partial charge < -0.3 is 15.4 Å². The second-order valence-corrected chi connectivity index (χ2v) is 4.88. The Labute approximate surface area is 114 Å². The van der Waals surface area contributed by atoms with Gasteiger partial charge in [-0.25, -0.2) is 4.79 Å². The van der Waals surface area contributed by atoms with E-state index in [1.54, 1.807) is 0 Å². The molecule has 0 aliphatic carbocycles. The van der Waals surface area contributed by atoms with E-state index in [4.69, 9.17) is 5.11 Å². The summed E-state index contributed by atoms with van der Waals surface area (Å²) in [6, 6.07) is 0.939. The van der Waals surface area contributed by atoms with Crippen molar-refractivity contribution in [3.63, 3.8) is 0 Å². The molecule has 0 bridgehead atoms. The molecular weight excluding hydrogens is 266 g/mol. The van der Waals surface area contributed by atoms with E-state index >= 15 is 0 Å². The normalized spacial score (nSPS) is 12.2. The van der Waals surface area contributed by atoms with Crippen LogP contribution in [0.2, 0.25) is 0 Å². The van der Waals surface area contributed by atoms with Crippen molar-refractivity contribution in [2.24, 2.45) is 11.8 Å². The first-order valence-electron chi connectivity index (χ1n) is 6.14. The number of aromatic amines is 2. The van der Waals surface area contributed by atoms with E-state index in [1.807, 2.05) is 18.8 Å². The molecule has 1 heterocycles. The van der Waals surface area contributed by atoms with E-state index in [9.17, 15) is 19.2 Å². The predicted octanol–water partition coefficient (Wildman–Crippen LogP) is -0.460. The van der Waals surface area contributed by atoms with E-state index in [0.29, 0.717) is 6.42 Å². The van der Waals surface area contributed by atoms with Gasteiger partial charge in [-0.15, -0.1) is 0 Å². The topological polar surface area (TPSA) is 132 Å². The van der Waals surface area contributed by atoms with Crippen LogP contribution in [0.1, 0.15) is 30.8 Å². The minimum absolute atomic E-state index is 0.0683. The zero-order valence-electron chi connectivity index (χ0n) is 11.2. The fraction of sp³-hybridized carbons (Fsp3) is 0.500. The van der Waals surface area contributed by atoms with Crippen LogP contribution in [0.5, 0.6) is 0 Å². The molecule has 8 heteroatoms. The Bertz CT molecular complexity index is 573. The smallest absolute Gasteiger partial charge is 0.326 e. The number of carbonyl (C=O) groups is 2. The molecule has 1 aromatic rings. The molecule has 0 saturated carbocycles. The van der Waals surface area contributed by atoms with E-state index in [0.717, 1.165) is 6.07 Å². The number of aromatic nitrogens is 2. The molecule has 110 valence electrons. The fourth-order valence-corrected chi connectivity index (χ4v) is 1.74. The maximum Gasteiger partial charge on any atom is 0.326 e. The highest BCUT2D eigenvalue weighted by molar-refractivity contribution is 5.92. The second kappa shape index (κ2) is 6.69. The lowest BCUT2D eigenvalue weighted by molar-refractivity contribution is -0.142. The summed E-state index contributed by atoms with van der Waals surface area (Å²) >= 11 is 0. The van der Waals surface area contributed by atoms with Crippen LogP contribution in [0, 0.1) is 11.8 Å². The lowest BCUT2D eigenvalue weighted by Gasteiger charge is -2.15. The SMILES string of the molecule is CC(C)CC(CNC(=O)c1cc(=O)[nH]c(=O)[nH]1)C(=O)O. The van der Waals surface area contributed by atoms with Crippen molar-refractivity contribution in [2.75, 3.05) is 6.54 Å². The van der Waals surface area contributed by atoms with Crippen molar-refractivity contribution in [2.45, 2.75) is 20.3 Å². The first-order valence-corrected chi connectivity index (χ1v) is 6.14. The molecule has 1 atom stereocenters. The maximum atomic E-state index is 11.7. The maximum absolute atomic E-state index is 11.7. The third-order valence-corrected chi connectivity index (χ3v) is 2.62. The predicted molar refractivity (Wildman–Crippen MR) is 70.6 cm³/mol. The molecule has 0 aromatic carbocycles. The van der Waals surface area contributed by atoms with Gasteiger partial charge in [-0.05, 0) is 12.3 Å². The highest BCUT2D eigenvalue weighted by Crippen LogP contribution is 2.11. The number of H-pyrrole nitrogens is 2. The number of rotatable bonds is 6. The fourth-order valence-electron chi connectivity index (χ4n) is 1.74. The Morgan fingerprint density at radius 1 is 1.30 bits per heavy atom. The van der Waals surface area contributed by atoms with Crippen LogP contribution in [0.4, 0.5) is 0 Å². The van der Waals surface area contributed by atoms with Crippen LogP contribution < -0.4 is 16.6 Å². The van der Waals surface area contributed by atoms with Crippen molar-refractivity contribution < 1.29 is 14.7 Å². The molecule has 4 N–H and O–H groups in total. The number of aliphatic carboxylic acids is 1. The molecule has 0 fully saturated rings. The van der Waals surface area contributed by atoms with Crippen LogP contribution in [0.3, 0.4) is 0 Å². The molecule has 1 unspecified atom stereocenters. The van der Waals surface area contributed by atoms with E-state index < -0.39 is 29.0 Å². The van der Waals surface area contributed by atoms with Crippen LogP contribution in [0.15, 0.2) is 15.7 Å². The Hall–Kier alpha value is -2.38. The van der Waals surface area contributed by atoms with Gasteiger partial charge in [0.25, 0.3) is 11.5 Å². The van der Waals surface area contributed by atoms with Crippen molar-refractivity contribution >= 4 is 11.9 Å². The first-order chi connectivity index (χ1) is 9.29. The van der Waals surface area contributed by atoms with Crippen LogP contribution in [-0.4, -0.2) is 33.5 Å². The average molecular weight is 283 g/mol. The summed E-state index contributed by atoms with van der Waals surface area (Å²) in [5, 5.41) is 11.4. The molecule has 0 radical (unpaired) electrons. The molecule has 0 saturated heterocycles. The third-order valence-electron chi connectivity index (χ3n) is 2.62. The van der Waals surface area contributed by atoms with Gasteiger partial charge in [0.15, 0.2) is 0 Å². The number of amides is 1. The number of carboxylic acids is 1. The molecule has 0 aliphatic rings. The van der Waals surface area contributed by atoms with Crippen molar-refractivity contribution in [3.05, 3.63) is 32.6 Å². The number of carbonyl (C=O) groups excluding carboxylic acids is 1. The zero-order valence-corrected chi connectivity index (χ0v) is 11.2. The molecule has 20 heavy (non-hydrogen) atoms. The van der Waals surface area contributed by atoms with Gasteiger partial charge in [-0.1, -0.05) is 13.8 Å². The summed E-state index contributed by atoms with van der Waals surface area (Å²) in [6.07, 6.45) is 0.418. The van der Waals surface area contributed by atoms with Gasteiger partial charge in [0, 0.05) is 12.6 Å². The zero-order chi connectivity index (χ0) is 15.3. The van der Waals surface area contributed by atoms with E-state index in [-0.39, 0.29) is 18.2 Å². The number of carboxylic acid groups (broad SMARTS) is 1. The van der Waals surface area contributed by atoms with E-state index in [1.165, 1.54) is 0 Å². The number of nitrogens with one attached hydrogen (secondary N) is 3. The molecule has 1 rings (SSSR count). The summed E-state index contributed by atoms with van der Waals surface area (Å²) in [6.45, 7) is 3.69. The minimum atomic E-state index is -1.00. The van der Waals surface area contributed by atoms with Gasteiger partial charge in [0.1, 0.15) is 5.69 Å². The van der Waals surface area contributed by atoms with Crippen LogP contribution >= 0.6 is 0 Å². The summed E-state index contributed by atoms with van der Waals surface area (Å²) < 4.78 is 0. The van der Waals surface area contributed by atoms with Gasteiger partial charge in [-0.2, -0.15) is 0 Å². The summed E-state index contributed by atoms with van der Waals surface area (Å²) in [7, 11) is 0. The number of hydrogen-bond donors (Lipinski definition) is 4. The van der Waals surface area contributed by atoms with Gasteiger partial charge in [0.05, 0.1) is 5.92 Å². The highest BCUT2D eigenvalue weighted by atomic mass is 16.4. The van der Waals surface area contributed by atoms with Gasteiger partial charge in [-0.3, -0.25) is 19.4 Å². The summed E-state index contributed by atoms with van der Waals surface area (Å²) in [5.41, 5.74) is -1.69. The molecule has 0 spiro atoms. The third kappa shape index (κ3) is 4.71. The van der Waals surface area contributed by atoms with Gasteiger partial charge >= 0.3 is 11.7 Å². The Morgan fingerprint density at radius 2 is 1.95 bits per heavy atom. The van der Waals surface area contributed by atoms with Crippen LogP contribution in [-0.2, 0) is 4.79 Å². The lowest BCUT2D eigenvalue weighted by Crippen LogP contribution is -2.36. The van der Waals surface area contributed by atoms with Crippen LogP contribution in [0.25, 0.3) is 0 Å². The largest absolute Gasteiger partial charge is 0.481 e. The van der Waals surface area contributed by atoms with E-state index in [2.05, 4.69) is 10.3 Å². The van der Waals surface area contributed by atoms with Gasteiger partial charge in [0.2, 0.25) is 0 Å². The van der Waals surface area contributed by atoms with Crippen molar-refractivity contribution in [3.8, 4) is 0 Å². The van der Waals surface area contributed by atoms with Crippen molar-refractivity contribution in [1.29, 1.82) is 0 Å². The Morgan fingerprint density at radius 3 is 2.45 bits per heavy atom. The molecule has 1 aromatic heterocycles. The number of hydrogen-bond acceptors (Lipinski definition) is 4. The molecule has 1 amide bonds.